The number of carbonyl (C=O) groups is 3. The molecule has 8 nitrogen and oxygen atoms in total. The molecule has 1 fully saturated rings. The van der Waals surface area contributed by atoms with Gasteiger partial charge in [-0.1, -0.05) is 11.3 Å². The minimum Gasteiger partial charge on any atom is -0.322 e. The lowest BCUT2D eigenvalue weighted by Gasteiger charge is -2.29. The Morgan fingerprint density at radius 3 is 2.83 bits per heavy atom. The number of aromatic nitrogens is 3. The molecule has 1 atom stereocenters. The first kappa shape index (κ1) is 18.2. The number of amides is 3. The molecule has 3 aromatic rings. The van der Waals surface area contributed by atoms with Gasteiger partial charge in [0.1, 0.15) is 11.7 Å². The van der Waals surface area contributed by atoms with Gasteiger partial charge in [-0.3, -0.25) is 19.7 Å². The molecule has 3 amide bonds. The first-order valence-corrected chi connectivity index (χ1v) is 10.6. The molecular weight excluding hydrogens is 458 g/mol. The van der Waals surface area contributed by atoms with Gasteiger partial charge in [-0.2, -0.15) is 0 Å². The van der Waals surface area contributed by atoms with Crippen molar-refractivity contribution in [3.63, 3.8) is 0 Å². The van der Waals surface area contributed by atoms with Crippen molar-refractivity contribution in [2.24, 2.45) is 0 Å². The number of hydrogen-bond donors (Lipinski definition) is 1. The summed E-state index contributed by atoms with van der Waals surface area (Å²) in [5, 5.41) is 12.8. The van der Waals surface area contributed by atoms with E-state index in [0.29, 0.717) is 12.0 Å². The third-order valence-corrected chi connectivity index (χ3v) is 7.01. The molecule has 1 saturated heterocycles. The van der Waals surface area contributed by atoms with Gasteiger partial charge in [-0.25, -0.2) is 4.68 Å². The smallest absolute Gasteiger partial charge is 0.255 e. The third kappa shape index (κ3) is 2.99. The first-order valence-electron chi connectivity index (χ1n) is 8.95. The maximum absolute atomic E-state index is 13.0. The number of rotatable bonds is 3. The van der Waals surface area contributed by atoms with Crippen LogP contribution in [0, 0.1) is 0 Å². The highest BCUT2D eigenvalue weighted by molar-refractivity contribution is 9.10. The molecule has 29 heavy (non-hydrogen) atoms. The van der Waals surface area contributed by atoms with Crippen molar-refractivity contribution in [2.45, 2.75) is 25.4 Å². The van der Waals surface area contributed by atoms with E-state index >= 15 is 0 Å². The van der Waals surface area contributed by atoms with E-state index in [1.807, 2.05) is 23.7 Å². The van der Waals surface area contributed by atoms with Crippen molar-refractivity contribution in [3.05, 3.63) is 51.4 Å². The summed E-state index contributed by atoms with van der Waals surface area (Å²) in [7, 11) is 0. The summed E-state index contributed by atoms with van der Waals surface area (Å²) in [5.74, 6) is -0.932. The van der Waals surface area contributed by atoms with Gasteiger partial charge in [0, 0.05) is 28.6 Å². The second-order valence-electron chi connectivity index (χ2n) is 6.85. The van der Waals surface area contributed by atoms with Gasteiger partial charge in [0.25, 0.3) is 5.91 Å². The fourth-order valence-corrected chi connectivity index (χ4v) is 5.27. The van der Waals surface area contributed by atoms with Crippen LogP contribution in [0.25, 0.3) is 16.3 Å². The Bertz CT molecular complexity index is 1170. The second-order valence-corrected chi connectivity index (χ2v) is 8.62. The van der Waals surface area contributed by atoms with Gasteiger partial charge in [-0.05, 0) is 45.9 Å². The average molecular weight is 472 g/mol. The summed E-state index contributed by atoms with van der Waals surface area (Å²) < 4.78 is 2.61. The Hall–Kier alpha value is -2.85. The number of imide groups is 1. The summed E-state index contributed by atoms with van der Waals surface area (Å²) in [5.41, 5.74) is 2.82. The van der Waals surface area contributed by atoms with Crippen LogP contribution in [0.3, 0.4) is 0 Å². The highest BCUT2D eigenvalue weighted by Gasteiger charge is 2.40. The molecule has 5 rings (SSSR count). The number of carbonyl (C=O) groups excluding carboxylic acids is 3. The van der Waals surface area contributed by atoms with E-state index in [9.17, 15) is 14.4 Å². The summed E-state index contributed by atoms with van der Waals surface area (Å²) in [4.78, 5) is 39.2. The predicted octanol–water partition coefficient (Wildman–Crippen LogP) is 2.52. The zero-order valence-corrected chi connectivity index (χ0v) is 17.4. The third-order valence-electron chi connectivity index (χ3n) is 5.15. The van der Waals surface area contributed by atoms with Gasteiger partial charge in [0.2, 0.25) is 11.8 Å². The standard InChI is InChI=1S/C19H14BrN5O3S/c20-12-6-7-29-17(12)13-9-25(23-22-13)14-3-1-2-10-11(14)8-24(19(10)28)15-4-5-16(26)21-18(15)27/h1-3,6-7,9,15H,4-5,8H2,(H,21,26,27). The number of nitrogens with zero attached hydrogens (tertiary/aromatic N) is 4. The van der Waals surface area contributed by atoms with E-state index in [1.165, 1.54) is 4.90 Å². The first-order chi connectivity index (χ1) is 14.0. The molecule has 0 saturated carbocycles. The van der Waals surface area contributed by atoms with E-state index in [0.717, 1.165) is 26.3 Å². The molecule has 0 spiro atoms. The Labute approximate surface area is 177 Å². The van der Waals surface area contributed by atoms with Crippen LogP contribution in [-0.2, 0) is 16.1 Å². The lowest BCUT2D eigenvalue weighted by atomic mass is 10.0. The minimum absolute atomic E-state index is 0.210. The zero-order chi connectivity index (χ0) is 20.1. The van der Waals surface area contributed by atoms with Crippen LogP contribution in [-0.4, -0.2) is 43.7 Å². The van der Waals surface area contributed by atoms with Gasteiger partial charge in [0.15, 0.2) is 0 Å². The molecule has 146 valence electrons. The molecule has 4 heterocycles. The van der Waals surface area contributed by atoms with Crippen molar-refractivity contribution in [1.29, 1.82) is 0 Å². The van der Waals surface area contributed by atoms with E-state index in [-0.39, 0.29) is 24.8 Å². The van der Waals surface area contributed by atoms with Crippen LogP contribution in [0.5, 0.6) is 0 Å². The fourth-order valence-electron chi connectivity index (χ4n) is 3.75. The average Bonchev–Trinajstić information content (AvgIpc) is 3.41. The largest absolute Gasteiger partial charge is 0.322 e. The van der Waals surface area contributed by atoms with Crippen LogP contribution in [0.1, 0.15) is 28.8 Å². The fraction of sp³-hybridized carbons (Fsp3) is 0.211. The SMILES string of the molecule is O=C1CCC(N2Cc3c(cccc3-n3cc(-c4sccc4Br)nn3)C2=O)C(=O)N1. The highest BCUT2D eigenvalue weighted by atomic mass is 79.9. The monoisotopic (exact) mass is 471 g/mol. The van der Waals surface area contributed by atoms with Gasteiger partial charge >= 0.3 is 0 Å². The molecular formula is C19H14BrN5O3S. The molecule has 2 aromatic heterocycles. The van der Waals surface area contributed by atoms with Crippen molar-refractivity contribution in [3.8, 4) is 16.3 Å². The lowest BCUT2D eigenvalue weighted by Crippen LogP contribution is -2.52. The topological polar surface area (TPSA) is 97.2 Å². The minimum atomic E-state index is -0.645. The molecule has 1 aromatic carbocycles. The normalized spacial score (nSPS) is 18.9. The number of fused-ring (bicyclic) bond motifs is 1. The highest BCUT2D eigenvalue weighted by Crippen LogP contribution is 2.34. The van der Waals surface area contributed by atoms with Crippen LogP contribution < -0.4 is 5.32 Å². The zero-order valence-electron chi connectivity index (χ0n) is 15.0. The summed E-state index contributed by atoms with van der Waals surface area (Å²) in [6.07, 6.45) is 2.39. The van der Waals surface area contributed by atoms with Crippen LogP contribution >= 0.6 is 27.3 Å². The lowest BCUT2D eigenvalue weighted by molar-refractivity contribution is -0.136. The molecule has 0 radical (unpaired) electrons. The maximum atomic E-state index is 13.0. The molecule has 10 heteroatoms. The summed E-state index contributed by atoms with van der Waals surface area (Å²) in [6.45, 7) is 0.286. The number of piperidine rings is 1. The van der Waals surface area contributed by atoms with Crippen LogP contribution in [0.4, 0.5) is 0 Å². The number of halogens is 1. The Morgan fingerprint density at radius 1 is 1.21 bits per heavy atom. The molecule has 1 unspecified atom stereocenters. The van der Waals surface area contributed by atoms with E-state index in [1.54, 1.807) is 28.2 Å². The molecule has 2 aliphatic heterocycles. The summed E-state index contributed by atoms with van der Waals surface area (Å²) >= 11 is 5.07. The van der Waals surface area contributed by atoms with Gasteiger partial charge in [-0.15, -0.1) is 16.4 Å². The van der Waals surface area contributed by atoms with Crippen molar-refractivity contribution < 1.29 is 14.4 Å². The number of hydrogen-bond acceptors (Lipinski definition) is 6. The quantitative estimate of drug-likeness (QED) is 0.591. The Morgan fingerprint density at radius 2 is 2.07 bits per heavy atom. The Balaban J connectivity index is 1.49. The summed E-state index contributed by atoms with van der Waals surface area (Å²) in [6, 6.07) is 6.73. The maximum Gasteiger partial charge on any atom is 0.255 e. The molecule has 1 N–H and O–H groups in total. The second kappa shape index (κ2) is 6.89. The molecule has 0 aliphatic carbocycles. The molecule has 0 bridgehead atoms. The Kier molecular flexibility index (Phi) is 4.32. The predicted molar refractivity (Wildman–Crippen MR) is 108 cm³/mol. The number of thiophene rings is 1. The number of benzene rings is 1. The van der Waals surface area contributed by atoms with Crippen LogP contribution in [0.15, 0.2) is 40.3 Å². The van der Waals surface area contributed by atoms with E-state index in [2.05, 4.69) is 31.6 Å². The van der Waals surface area contributed by atoms with Crippen molar-refractivity contribution in [2.75, 3.05) is 0 Å². The van der Waals surface area contributed by atoms with Crippen molar-refractivity contribution >= 4 is 45.0 Å². The van der Waals surface area contributed by atoms with Gasteiger partial charge in [0.05, 0.1) is 16.8 Å². The van der Waals surface area contributed by atoms with Crippen LogP contribution in [0.2, 0.25) is 0 Å². The van der Waals surface area contributed by atoms with E-state index in [4.69, 9.17) is 0 Å². The number of nitrogens with one attached hydrogen (secondary N) is 1. The van der Waals surface area contributed by atoms with Gasteiger partial charge < -0.3 is 4.90 Å². The molecule has 2 aliphatic rings. The van der Waals surface area contributed by atoms with Crippen molar-refractivity contribution in [1.82, 2.24) is 25.2 Å². The van der Waals surface area contributed by atoms with E-state index < -0.39 is 11.9 Å².